The second-order valence-electron chi connectivity index (χ2n) is 5.79. The van der Waals surface area contributed by atoms with E-state index in [1.54, 1.807) is 12.1 Å². The van der Waals surface area contributed by atoms with Crippen LogP contribution in [0.4, 0.5) is 0 Å². The zero-order chi connectivity index (χ0) is 18.2. The summed E-state index contributed by atoms with van der Waals surface area (Å²) in [4.78, 5) is 11.3. The zero-order valence-corrected chi connectivity index (χ0v) is 14.6. The van der Waals surface area contributed by atoms with Gasteiger partial charge in [0, 0.05) is 6.07 Å². The molecule has 0 aromatic heterocycles. The molecule has 0 N–H and O–H groups in total. The molecule has 0 atom stereocenters. The number of ketones is 1. The van der Waals surface area contributed by atoms with Crippen LogP contribution in [-0.2, 0) is 11.4 Å². The summed E-state index contributed by atoms with van der Waals surface area (Å²) in [5, 5.41) is 0. The largest absolute Gasteiger partial charge is 0.485 e. The molecular weight excluding hydrogens is 328 g/mol. The van der Waals surface area contributed by atoms with E-state index in [2.05, 4.69) is 0 Å². The fourth-order valence-electron chi connectivity index (χ4n) is 2.32. The highest BCUT2D eigenvalue weighted by Gasteiger charge is 2.10. The van der Waals surface area contributed by atoms with E-state index in [0.717, 1.165) is 11.3 Å². The summed E-state index contributed by atoms with van der Waals surface area (Å²) in [7, 11) is 0. The summed E-state index contributed by atoms with van der Waals surface area (Å²) < 4.78 is 17.3. The lowest BCUT2D eigenvalue weighted by molar-refractivity contribution is -0.118. The van der Waals surface area contributed by atoms with Gasteiger partial charge in [-0.3, -0.25) is 4.79 Å². The molecule has 4 heteroatoms. The quantitative estimate of drug-likeness (QED) is 0.573. The van der Waals surface area contributed by atoms with Crippen LogP contribution in [0.3, 0.4) is 0 Å². The van der Waals surface area contributed by atoms with Crippen molar-refractivity contribution in [2.45, 2.75) is 13.5 Å². The molecule has 0 aliphatic carbocycles. The molecule has 0 aliphatic heterocycles. The van der Waals surface area contributed by atoms with Crippen molar-refractivity contribution in [3.63, 3.8) is 0 Å². The van der Waals surface area contributed by atoms with Gasteiger partial charge in [0.1, 0.15) is 24.7 Å². The lowest BCUT2D eigenvalue weighted by Crippen LogP contribution is -2.08. The van der Waals surface area contributed by atoms with Gasteiger partial charge in [-0.25, -0.2) is 0 Å². The Morgan fingerprint density at radius 3 is 2.15 bits per heavy atom. The van der Waals surface area contributed by atoms with Crippen LogP contribution in [0.1, 0.15) is 12.5 Å². The molecule has 0 spiro atoms. The maximum atomic E-state index is 11.3. The van der Waals surface area contributed by atoms with E-state index >= 15 is 0 Å². The number of Topliss-reactive ketones (excluding diaryl/α,β-unsaturated/α-hetero) is 1. The molecule has 0 bridgehead atoms. The van der Waals surface area contributed by atoms with Crippen molar-refractivity contribution in [3.8, 4) is 23.0 Å². The summed E-state index contributed by atoms with van der Waals surface area (Å²) in [5.74, 6) is 2.32. The number of carbonyl (C=O) groups excluding carboxylic acids is 1. The van der Waals surface area contributed by atoms with Gasteiger partial charge in [0.2, 0.25) is 0 Å². The third-order valence-corrected chi connectivity index (χ3v) is 3.56. The smallest absolute Gasteiger partial charge is 0.167 e. The Morgan fingerprint density at radius 2 is 1.46 bits per heavy atom. The average Bonchev–Trinajstić information content (AvgIpc) is 2.67. The SMILES string of the molecule is CC(=O)COc1cc(Oc2ccccc2)ccc1OCc1ccccc1. The Labute approximate surface area is 153 Å². The summed E-state index contributed by atoms with van der Waals surface area (Å²) in [6, 6.07) is 24.7. The summed E-state index contributed by atoms with van der Waals surface area (Å²) in [5.41, 5.74) is 1.05. The fourth-order valence-corrected chi connectivity index (χ4v) is 2.32. The summed E-state index contributed by atoms with van der Waals surface area (Å²) in [6.07, 6.45) is 0. The number of benzene rings is 3. The number of ether oxygens (including phenoxy) is 3. The molecule has 0 saturated heterocycles. The number of carbonyl (C=O) groups is 1. The van der Waals surface area contributed by atoms with Crippen LogP contribution in [-0.4, -0.2) is 12.4 Å². The van der Waals surface area contributed by atoms with Crippen molar-refractivity contribution >= 4 is 5.78 Å². The second kappa shape index (κ2) is 8.72. The Kier molecular flexibility index (Phi) is 5.88. The maximum absolute atomic E-state index is 11.3. The van der Waals surface area contributed by atoms with Crippen LogP contribution in [0.25, 0.3) is 0 Å². The molecule has 26 heavy (non-hydrogen) atoms. The van der Waals surface area contributed by atoms with Crippen LogP contribution in [0, 0.1) is 0 Å². The van der Waals surface area contributed by atoms with Crippen LogP contribution in [0.2, 0.25) is 0 Å². The molecule has 0 radical (unpaired) electrons. The minimum Gasteiger partial charge on any atom is -0.485 e. The van der Waals surface area contributed by atoms with Gasteiger partial charge in [0.25, 0.3) is 0 Å². The van der Waals surface area contributed by atoms with Crippen molar-refractivity contribution in [2.75, 3.05) is 6.61 Å². The molecule has 3 aromatic carbocycles. The van der Waals surface area contributed by atoms with Gasteiger partial charge in [-0.05, 0) is 36.8 Å². The molecule has 132 valence electrons. The second-order valence-corrected chi connectivity index (χ2v) is 5.79. The molecule has 0 heterocycles. The van der Waals surface area contributed by atoms with Gasteiger partial charge >= 0.3 is 0 Å². The van der Waals surface area contributed by atoms with Crippen molar-refractivity contribution < 1.29 is 19.0 Å². The van der Waals surface area contributed by atoms with Gasteiger partial charge in [-0.15, -0.1) is 0 Å². The number of para-hydroxylation sites is 1. The molecule has 3 rings (SSSR count). The normalized spacial score (nSPS) is 10.2. The Bertz CT molecular complexity index is 845. The topological polar surface area (TPSA) is 44.8 Å². The predicted octanol–water partition coefficient (Wildman–Crippen LogP) is 5.03. The van der Waals surface area contributed by atoms with Gasteiger partial charge < -0.3 is 14.2 Å². The fraction of sp³-hybridized carbons (Fsp3) is 0.136. The first-order chi connectivity index (χ1) is 12.7. The molecule has 0 aliphatic rings. The molecule has 0 saturated carbocycles. The first kappa shape index (κ1) is 17.5. The molecule has 0 amide bonds. The minimum absolute atomic E-state index is 0.0174. The van der Waals surface area contributed by atoms with Crippen LogP contribution >= 0.6 is 0 Å². The van der Waals surface area contributed by atoms with E-state index in [0.29, 0.717) is 23.9 Å². The molecular formula is C22H20O4. The van der Waals surface area contributed by atoms with Crippen molar-refractivity contribution in [2.24, 2.45) is 0 Å². The predicted molar refractivity (Wildman–Crippen MR) is 99.9 cm³/mol. The van der Waals surface area contributed by atoms with E-state index in [-0.39, 0.29) is 12.4 Å². The van der Waals surface area contributed by atoms with Gasteiger partial charge in [-0.1, -0.05) is 48.5 Å². The standard InChI is InChI=1S/C22H20O4/c1-17(23)15-24-22-14-20(26-19-10-6-3-7-11-19)12-13-21(22)25-16-18-8-4-2-5-9-18/h2-14H,15-16H2,1H3. The van der Waals surface area contributed by atoms with E-state index in [9.17, 15) is 4.79 Å². The van der Waals surface area contributed by atoms with E-state index < -0.39 is 0 Å². The highest BCUT2D eigenvalue weighted by molar-refractivity contribution is 5.77. The summed E-state index contributed by atoms with van der Waals surface area (Å²) >= 11 is 0. The van der Waals surface area contributed by atoms with Gasteiger partial charge in [0.15, 0.2) is 17.3 Å². The monoisotopic (exact) mass is 348 g/mol. The third-order valence-electron chi connectivity index (χ3n) is 3.56. The molecule has 0 fully saturated rings. The lowest BCUT2D eigenvalue weighted by atomic mass is 10.2. The Balaban J connectivity index is 1.77. The number of rotatable bonds is 8. The van der Waals surface area contributed by atoms with Crippen molar-refractivity contribution in [3.05, 3.63) is 84.4 Å². The first-order valence-electron chi connectivity index (χ1n) is 8.36. The highest BCUT2D eigenvalue weighted by Crippen LogP contribution is 2.34. The lowest BCUT2D eigenvalue weighted by Gasteiger charge is -2.14. The van der Waals surface area contributed by atoms with Gasteiger partial charge in [0.05, 0.1) is 0 Å². The van der Waals surface area contributed by atoms with Crippen LogP contribution < -0.4 is 14.2 Å². The third kappa shape index (κ3) is 5.11. The zero-order valence-electron chi connectivity index (χ0n) is 14.6. The number of hydrogen-bond donors (Lipinski definition) is 0. The van der Waals surface area contributed by atoms with Crippen molar-refractivity contribution in [1.82, 2.24) is 0 Å². The first-order valence-corrected chi connectivity index (χ1v) is 8.36. The van der Waals surface area contributed by atoms with Crippen LogP contribution in [0.5, 0.6) is 23.0 Å². The van der Waals surface area contributed by atoms with Crippen LogP contribution in [0.15, 0.2) is 78.9 Å². The maximum Gasteiger partial charge on any atom is 0.167 e. The van der Waals surface area contributed by atoms with Crippen molar-refractivity contribution in [1.29, 1.82) is 0 Å². The van der Waals surface area contributed by atoms with Gasteiger partial charge in [-0.2, -0.15) is 0 Å². The molecule has 4 nitrogen and oxygen atoms in total. The molecule has 0 unspecified atom stereocenters. The average molecular weight is 348 g/mol. The van der Waals surface area contributed by atoms with E-state index in [1.807, 2.05) is 66.7 Å². The van der Waals surface area contributed by atoms with E-state index in [4.69, 9.17) is 14.2 Å². The Hall–Kier alpha value is -3.27. The summed E-state index contributed by atoms with van der Waals surface area (Å²) in [6.45, 7) is 1.88. The number of hydrogen-bond acceptors (Lipinski definition) is 4. The highest BCUT2D eigenvalue weighted by atomic mass is 16.5. The molecule has 3 aromatic rings. The van der Waals surface area contributed by atoms with E-state index in [1.165, 1.54) is 6.92 Å². The minimum atomic E-state index is -0.0617. The Morgan fingerprint density at radius 1 is 0.769 bits per heavy atom.